The minimum Gasteiger partial charge on any atom is -0.0654 e. The Labute approximate surface area is 71.4 Å². The third kappa shape index (κ3) is 2.50. The number of rotatable bonds is 5. The van der Waals surface area contributed by atoms with Gasteiger partial charge in [0.1, 0.15) is 0 Å². The Kier molecular flexibility index (Phi) is 2.98. The highest BCUT2D eigenvalue weighted by Gasteiger charge is 2.41. The number of hydrogen-bond donors (Lipinski definition) is 0. The van der Waals surface area contributed by atoms with Gasteiger partial charge in [-0.1, -0.05) is 33.6 Å². The zero-order chi connectivity index (χ0) is 8.32. The summed E-state index contributed by atoms with van der Waals surface area (Å²) in [6.45, 7) is 7.03. The normalized spacial score (nSPS) is 23.2. The molecule has 1 atom stereocenters. The molecule has 1 aliphatic carbocycles. The molecule has 1 aliphatic rings. The molecule has 1 fully saturated rings. The SMILES string of the molecule is CCCC1(C[C@H](C)CC)CC1. The third-order valence-electron chi connectivity index (χ3n) is 3.22. The standard InChI is InChI=1S/C11H22/c1-4-6-11(7-8-11)9-10(3)5-2/h10H,4-9H2,1-3H3/t10-/m1/s1. The molecule has 0 unspecified atom stereocenters. The molecule has 0 bridgehead atoms. The molecule has 66 valence electrons. The lowest BCUT2D eigenvalue weighted by Crippen LogP contribution is -2.05. The van der Waals surface area contributed by atoms with Crippen LogP contribution in [0, 0.1) is 11.3 Å². The van der Waals surface area contributed by atoms with Crippen molar-refractivity contribution in [3.63, 3.8) is 0 Å². The summed E-state index contributed by atoms with van der Waals surface area (Å²) < 4.78 is 0. The molecular weight excluding hydrogens is 132 g/mol. The highest BCUT2D eigenvalue weighted by atomic mass is 14.5. The average Bonchev–Trinajstić information content (AvgIpc) is 2.70. The molecule has 11 heavy (non-hydrogen) atoms. The van der Waals surface area contributed by atoms with E-state index in [2.05, 4.69) is 20.8 Å². The molecular formula is C11H22. The van der Waals surface area contributed by atoms with E-state index in [1.54, 1.807) is 0 Å². The summed E-state index contributed by atoms with van der Waals surface area (Å²) in [5, 5.41) is 0. The summed E-state index contributed by atoms with van der Waals surface area (Å²) in [6.07, 6.45) is 8.77. The van der Waals surface area contributed by atoms with Crippen molar-refractivity contribution in [1.29, 1.82) is 0 Å². The average molecular weight is 154 g/mol. The highest BCUT2D eigenvalue weighted by molar-refractivity contribution is 4.93. The Bertz CT molecular complexity index is 111. The van der Waals surface area contributed by atoms with Gasteiger partial charge in [0.25, 0.3) is 0 Å². The van der Waals surface area contributed by atoms with E-state index in [-0.39, 0.29) is 0 Å². The minimum absolute atomic E-state index is 0.824. The van der Waals surface area contributed by atoms with Gasteiger partial charge >= 0.3 is 0 Å². The first kappa shape index (κ1) is 9.09. The van der Waals surface area contributed by atoms with Gasteiger partial charge in [-0.05, 0) is 37.0 Å². The van der Waals surface area contributed by atoms with Crippen molar-refractivity contribution < 1.29 is 0 Å². The third-order valence-corrected chi connectivity index (χ3v) is 3.22. The van der Waals surface area contributed by atoms with Crippen molar-refractivity contribution in [2.45, 2.75) is 59.3 Å². The Balaban J connectivity index is 2.23. The summed E-state index contributed by atoms with van der Waals surface area (Å²) in [5.74, 6) is 0.962. The maximum absolute atomic E-state index is 2.40. The topological polar surface area (TPSA) is 0 Å². The van der Waals surface area contributed by atoms with Crippen LogP contribution in [-0.4, -0.2) is 0 Å². The fourth-order valence-corrected chi connectivity index (χ4v) is 2.15. The van der Waals surface area contributed by atoms with Crippen LogP contribution >= 0.6 is 0 Å². The Morgan fingerprint density at radius 2 is 1.91 bits per heavy atom. The molecule has 0 N–H and O–H groups in total. The monoisotopic (exact) mass is 154 g/mol. The first-order valence-corrected chi connectivity index (χ1v) is 5.22. The first-order valence-electron chi connectivity index (χ1n) is 5.22. The summed E-state index contributed by atoms with van der Waals surface area (Å²) in [7, 11) is 0. The van der Waals surface area contributed by atoms with E-state index in [1.807, 2.05) is 0 Å². The summed E-state index contributed by atoms with van der Waals surface area (Å²) in [4.78, 5) is 0. The molecule has 0 aromatic rings. The van der Waals surface area contributed by atoms with Crippen LogP contribution in [-0.2, 0) is 0 Å². The van der Waals surface area contributed by atoms with Crippen LogP contribution < -0.4 is 0 Å². The molecule has 0 heteroatoms. The molecule has 0 nitrogen and oxygen atoms in total. The smallest absolute Gasteiger partial charge is 0.0295 e. The molecule has 0 amide bonds. The van der Waals surface area contributed by atoms with Gasteiger partial charge in [0, 0.05) is 0 Å². The van der Waals surface area contributed by atoms with Crippen molar-refractivity contribution in [1.82, 2.24) is 0 Å². The van der Waals surface area contributed by atoms with Gasteiger partial charge in [0.15, 0.2) is 0 Å². The maximum Gasteiger partial charge on any atom is -0.0295 e. The van der Waals surface area contributed by atoms with Gasteiger partial charge in [-0.3, -0.25) is 0 Å². The summed E-state index contributed by atoms with van der Waals surface area (Å²) in [6, 6.07) is 0. The second-order valence-electron chi connectivity index (χ2n) is 4.47. The van der Waals surface area contributed by atoms with Gasteiger partial charge in [-0.15, -0.1) is 0 Å². The van der Waals surface area contributed by atoms with Crippen molar-refractivity contribution >= 4 is 0 Å². The zero-order valence-corrected chi connectivity index (χ0v) is 8.32. The quantitative estimate of drug-likeness (QED) is 0.561. The summed E-state index contributed by atoms with van der Waals surface area (Å²) in [5.41, 5.74) is 0.824. The van der Waals surface area contributed by atoms with Crippen molar-refractivity contribution in [3.05, 3.63) is 0 Å². The predicted octanol–water partition coefficient (Wildman–Crippen LogP) is 4.00. The van der Waals surface area contributed by atoms with Crippen molar-refractivity contribution in [3.8, 4) is 0 Å². The van der Waals surface area contributed by atoms with Crippen molar-refractivity contribution in [2.75, 3.05) is 0 Å². The molecule has 0 radical (unpaired) electrons. The zero-order valence-electron chi connectivity index (χ0n) is 8.32. The van der Waals surface area contributed by atoms with E-state index in [9.17, 15) is 0 Å². The fourth-order valence-electron chi connectivity index (χ4n) is 2.15. The van der Waals surface area contributed by atoms with Crippen molar-refractivity contribution in [2.24, 2.45) is 11.3 Å². The number of hydrogen-bond acceptors (Lipinski definition) is 0. The Morgan fingerprint density at radius 3 is 2.27 bits per heavy atom. The van der Waals surface area contributed by atoms with E-state index in [0.29, 0.717) is 0 Å². The van der Waals surface area contributed by atoms with E-state index < -0.39 is 0 Å². The van der Waals surface area contributed by atoms with Crippen LogP contribution in [0.3, 0.4) is 0 Å². The van der Waals surface area contributed by atoms with Crippen LogP contribution in [0.2, 0.25) is 0 Å². The lowest BCUT2D eigenvalue weighted by molar-refractivity contribution is 0.340. The van der Waals surface area contributed by atoms with Gasteiger partial charge in [0.05, 0.1) is 0 Å². The summed E-state index contributed by atoms with van der Waals surface area (Å²) >= 11 is 0. The van der Waals surface area contributed by atoms with E-state index in [4.69, 9.17) is 0 Å². The highest BCUT2D eigenvalue weighted by Crippen LogP contribution is 2.54. The van der Waals surface area contributed by atoms with Crippen LogP contribution in [0.1, 0.15) is 59.3 Å². The lowest BCUT2D eigenvalue weighted by atomic mass is 9.88. The Hall–Kier alpha value is 0. The van der Waals surface area contributed by atoms with Gasteiger partial charge in [0.2, 0.25) is 0 Å². The first-order chi connectivity index (χ1) is 5.22. The van der Waals surface area contributed by atoms with Crippen LogP contribution in [0.4, 0.5) is 0 Å². The molecule has 0 aromatic heterocycles. The molecule has 1 rings (SSSR count). The maximum atomic E-state index is 2.40. The second kappa shape index (κ2) is 3.60. The van der Waals surface area contributed by atoms with E-state index in [0.717, 1.165) is 11.3 Å². The minimum atomic E-state index is 0.824. The van der Waals surface area contributed by atoms with Crippen LogP contribution in [0.5, 0.6) is 0 Å². The lowest BCUT2D eigenvalue weighted by Gasteiger charge is -2.17. The largest absolute Gasteiger partial charge is 0.0654 e. The molecule has 1 saturated carbocycles. The predicted molar refractivity (Wildman–Crippen MR) is 50.6 cm³/mol. The van der Waals surface area contributed by atoms with E-state index >= 15 is 0 Å². The Morgan fingerprint density at radius 1 is 1.27 bits per heavy atom. The van der Waals surface area contributed by atoms with E-state index in [1.165, 1.54) is 38.5 Å². The molecule has 0 aliphatic heterocycles. The fraction of sp³-hybridized carbons (Fsp3) is 1.00. The van der Waals surface area contributed by atoms with Crippen LogP contribution in [0.15, 0.2) is 0 Å². The van der Waals surface area contributed by atoms with Gasteiger partial charge in [-0.2, -0.15) is 0 Å². The molecule has 0 aromatic carbocycles. The molecule has 0 saturated heterocycles. The molecule has 0 spiro atoms. The van der Waals surface area contributed by atoms with Crippen LogP contribution in [0.25, 0.3) is 0 Å². The second-order valence-corrected chi connectivity index (χ2v) is 4.47. The van der Waals surface area contributed by atoms with Gasteiger partial charge in [-0.25, -0.2) is 0 Å². The van der Waals surface area contributed by atoms with Gasteiger partial charge < -0.3 is 0 Å². The molecule has 0 heterocycles.